The van der Waals surface area contributed by atoms with E-state index in [1.807, 2.05) is 60.4 Å². The van der Waals surface area contributed by atoms with E-state index >= 15 is 0 Å². The minimum Gasteiger partial charge on any atom is -0.368 e. The zero-order valence-electron chi connectivity index (χ0n) is 12.6. The highest BCUT2D eigenvalue weighted by atomic mass is 15.3. The Bertz CT molecular complexity index is 745. The molecule has 3 aromatic rings. The number of nitrogen functional groups attached to an aromatic ring is 1. The van der Waals surface area contributed by atoms with Crippen molar-refractivity contribution in [1.29, 1.82) is 0 Å². The van der Waals surface area contributed by atoms with Gasteiger partial charge >= 0.3 is 0 Å². The van der Waals surface area contributed by atoms with Crippen molar-refractivity contribution in [1.82, 2.24) is 19.7 Å². The monoisotopic (exact) mass is 294 g/mol. The van der Waals surface area contributed by atoms with Crippen molar-refractivity contribution in [3.8, 4) is 5.69 Å². The molecule has 0 spiro atoms. The third kappa shape index (κ3) is 3.06. The summed E-state index contributed by atoms with van der Waals surface area (Å²) in [5.74, 6) is 0.986. The smallest absolute Gasteiger partial charge is 0.222 e. The zero-order valence-corrected chi connectivity index (χ0v) is 12.6. The van der Waals surface area contributed by atoms with Crippen molar-refractivity contribution in [2.75, 3.05) is 11.1 Å². The van der Waals surface area contributed by atoms with Crippen LogP contribution >= 0.6 is 0 Å². The molecule has 3 rings (SSSR count). The fourth-order valence-corrected chi connectivity index (χ4v) is 2.25. The lowest BCUT2D eigenvalue weighted by Gasteiger charge is -2.13. The molecule has 2 aromatic heterocycles. The van der Waals surface area contributed by atoms with Crippen LogP contribution in [0.1, 0.15) is 24.2 Å². The van der Waals surface area contributed by atoms with Gasteiger partial charge in [0, 0.05) is 23.5 Å². The maximum atomic E-state index is 5.68. The normalized spacial score (nSPS) is 12.1. The van der Waals surface area contributed by atoms with Crippen LogP contribution in [0.5, 0.6) is 0 Å². The van der Waals surface area contributed by atoms with Crippen molar-refractivity contribution in [2.24, 2.45) is 0 Å². The summed E-state index contributed by atoms with van der Waals surface area (Å²) in [4.78, 5) is 8.26. The maximum absolute atomic E-state index is 5.68. The molecular weight excluding hydrogens is 276 g/mol. The lowest BCUT2D eigenvalue weighted by molar-refractivity contribution is 0.862. The second-order valence-corrected chi connectivity index (χ2v) is 5.17. The Morgan fingerprint density at radius 2 is 1.95 bits per heavy atom. The van der Waals surface area contributed by atoms with Gasteiger partial charge in [-0.25, -0.2) is 9.67 Å². The number of hydrogen-bond donors (Lipinski definition) is 2. The number of aromatic nitrogens is 4. The van der Waals surface area contributed by atoms with Crippen molar-refractivity contribution in [3.05, 3.63) is 60.0 Å². The standard InChI is InChI=1S/C16H18N6/c1-11-8-15(21-16(17)19-11)20-12(2)13-9-18-22(10-13)14-6-4-3-5-7-14/h3-10,12H,1-2H3,(H3,17,19,20,21)/t12-/m0/s1. The largest absolute Gasteiger partial charge is 0.368 e. The van der Waals surface area contributed by atoms with E-state index in [0.717, 1.165) is 16.9 Å². The number of benzene rings is 1. The summed E-state index contributed by atoms with van der Waals surface area (Å²) in [7, 11) is 0. The Labute approximate surface area is 129 Å². The summed E-state index contributed by atoms with van der Waals surface area (Å²) in [5.41, 5.74) is 8.61. The Morgan fingerprint density at radius 3 is 2.68 bits per heavy atom. The second kappa shape index (κ2) is 5.85. The fraction of sp³-hybridized carbons (Fsp3) is 0.188. The summed E-state index contributed by atoms with van der Waals surface area (Å²) in [6.07, 6.45) is 3.85. The van der Waals surface area contributed by atoms with E-state index in [2.05, 4.69) is 27.3 Å². The van der Waals surface area contributed by atoms with E-state index in [4.69, 9.17) is 5.73 Å². The number of rotatable bonds is 4. The Balaban J connectivity index is 1.78. The van der Waals surface area contributed by atoms with E-state index in [1.54, 1.807) is 0 Å². The highest BCUT2D eigenvalue weighted by Gasteiger charge is 2.10. The van der Waals surface area contributed by atoms with Gasteiger partial charge in [-0.2, -0.15) is 10.1 Å². The SMILES string of the molecule is Cc1cc(N[C@@H](C)c2cnn(-c3ccccc3)c2)nc(N)n1. The minimum absolute atomic E-state index is 0.0613. The molecule has 0 aliphatic carbocycles. The number of para-hydroxylation sites is 1. The summed E-state index contributed by atoms with van der Waals surface area (Å²) >= 11 is 0. The predicted molar refractivity (Wildman–Crippen MR) is 86.8 cm³/mol. The van der Waals surface area contributed by atoms with Crippen LogP contribution in [0.15, 0.2) is 48.8 Å². The average Bonchev–Trinajstić information content (AvgIpc) is 2.97. The first-order chi connectivity index (χ1) is 10.6. The fourth-order valence-electron chi connectivity index (χ4n) is 2.25. The molecule has 0 saturated carbocycles. The zero-order chi connectivity index (χ0) is 15.5. The van der Waals surface area contributed by atoms with Gasteiger partial charge in [-0.3, -0.25) is 0 Å². The molecule has 3 N–H and O–H groups in total. The van der Waals surface area contributed by atoms with Gasteiger partial charge < -0.3 is 11.1 Å². The Hall–Kier alpha value is -2.89. The molecule has 22 heavy (non-hydrogen) atoms. The van der Waals surface area contributed by atoms with Gasteiger partial charge in [0.2, 0.25) is 5.95 Å². The van der Waals surface area contributed by atoms with Gasteiger partial charge in [0.05, 0.1) is 17.9 Å². The van der Waals surface area contributed by atoms with Crippen molar-refractivity contribution in [2.45, 2.75) is 19.9 Å². The van der Waals surface area contributed by atoms with Crippen molar-refractivity contribution in [3.63, 3.8) is 0 Å². The highest BCUT2D eigenvalue weighted by Crippen LogP contribution is 2.19. The van der Waals surface area contributed by atoms with Crippen LogP contribution in [0.2, 0.25) is 0 Å². The lowest BCUT2D eigenvalue weighted by atomic mass is 10.2. The summed E-state index contributed by atoms with van der Waals surface area (Å²) in [6.45, 7) is 3.95. The first-order valence-electron chi connectivity index (χ1n) is 7.09. The molecule has 0 aliphatic heterocycles. The number of hydrogen-bond acceptors (Lipinski definition) is 5. The topological polar surface area (TPSA) is 81.7 Å². The van der Waals surface area contributed by atoms with E-state index in [-0.39, 0.29) is 12.0 Å². The van der Waals surface area contributed by atoms with E-state index in [1.165, 1.54) is 0 Å². The number of aryl methyl sites for hydroxylation is 1. The van der Waals surface area contributed by atoms with Crippen LogP contribution in [-0.4, -0.2) is 19.7 Å². The predicted octanol–water partition coefficient (Wildman–Crippen LogP) is 2.73. The minimum atomic E-state index is 0.0613. The molecule has 0 unspecified atom stereocenters. The number of nitrogens with one attached hydrogen (secondary N) is 1. The molecule has 0 fully saturated rings. The molecule has 2 heterocycles. The second-order valence-electron chi connectivity index (χ2n) is 5.17. The van der Waals surface area contributed by atoms with Crippen LogP contribution in [0, 0.1) is 6.92 Å². The van der Waals surface area contributed by atoms with Crippen LogP contribution < -0.4 is 11.1 Å². The van der Waals surface area contributed by atoms with Gasteiger partial charge in [0.15, 0.2) is 0 Å². The molecule has 0 radical (unpaired) electrons. The Morgan fingerprint density at radius 1 is 1.18 bits per heavy atom. The first kappa shape index (κ1) is 14.1. The van der Waals surface area contributed by atoms with E-state index < -0.39 is 0 Å². The number of anilines is 2. The van der Waals surface area contributed by atoms with Gasteiger partial charge in [-0.05, 0) is 26.0 Å². The van der Waals surface area contributed by atoms with E-state index in [9.17, 15) is 0 Å². The third-order valence-electron chi connectivity index (χ3n) is 3.36. The average molecular weight is 294 g/mol. The quantitative estimate of drug-likeness (QED) is 0.773. The summed E-state index contributed by atoms with van der Waals surface area (Å²) < 4.78 is 1.85. The molecule has 112 valence electrons. The van der Waals surface area contributed by atoms with Crippen molar-refractivity contribution < 1.29 is 0 Å². The molecular formula is C16H18N6. The Kier molecular flexibility index (Phi) is 3.74. The molecule has 1 aromatic carbocycles. The van der Waals surface area contributed by atoms with Gasteiger partial charge in [0.1, 0.15) is 5.82 Å². The van der Waals surface area contributed by atoms with Crippen LogP contribution in [0.25, 0.3) is 5.69 Å². The van der Waals surface area contributed by atoms with Crippen molar-refractivity contribution >= 4 is 11.8 Å². The van der Waals surface area contributed by atoms with Crippen LogP contribution in [0.4, 0.5) is 11.8 Å². The highest BCUT2D eigenvalue weighted by molar-refractivity contribution is 5.42. The molecule has 6 heteroatoms. The van der Waals surface area contributed by atoms with Gasteiger partial charge in [0.25, 0.3) is 0 Å². The van der Waals surface area contributed by atoms with E-state index in [0.29, 0.717) is 5.82 Å². The lowest BCUT2D eigenvalue weighted by Crippen LogP contribution is -2.09. The molecule has 0 bridgehead atoms. The van der Waals surface area contributed by atoms with Gasteiger partial charge in [-0.1, -0.05) is 18.2 Å². The molecule has 6 nitrogen and oxygen atoms in total. The first-order valence-corrected chi connectivity index (χ1v) is 7.09. The van der Waals surface area contributed by atoms with Crippen LogP contribution in [0.3, 0.4) is 0 Å². The molecule has 1 atom stereocenters. The summed E-state index contributed by atoms with van der Waals surface area (Å²) in [6, 6.07) is 11.9. The molecule has 0 amide bonds. The molecule has 0 saturated heterocycles. The van der Waals surface area contributed by atoms with Gasteiger partial charge in [-0.15, -0.1) is 0 Å². The number of nitrogens with zero attached hydrogens (tertiary/aromatic N) is 4. The number of nitrogens with two attached hydrogens (primary N) is 1. The summed E-state index contributed by atoms with van der Waals surface area (Å²) in [5, 5.41) is 7.72. The third-order valence-corrected chi connectivity index (χ3v) is 3.36. The van der Waals surface area contributed by atoms with Crippen LogP contribution in [-0.2, 0) is 0 Å². The maximum Gasteiger partial charge on any atom is 0.222 e. The molecule has 0 aliphatic rings.